The van der Waals surface area contributed by atoms with E-state index < -0.39 is 0 Å². The Balaban J connectivity index is 1.61. The van der Waals surface area contributed by atoms with Gasteiger partial charge in [-0.2, -0.15) is 0 Å². The van der Waals surface area contributed by atoms with E-state index in [2.05, 4.69) is 29.4 Å². The molecular weight excluding hydrogens is 370 g/mol. The number of hydrogen-bond acceptors (Lipinski definition) is 4. The number of aromatic nitrogens is 2. The smallest absolute Gasteiger partial charge is 0.234 e. The van der Waals surface area contributed by atoms with Crippen molar-refractivity contribution >= 4 is 23.4 Å². The fraction of sp³-hybridized carbons (Fsp3) is 0.273. The number of carbonyl (C=O) groups excluding carboxylic acids is 1. The fourth-order valence-electron chi connectivity index (χ4n) is 3.17. The van der Waals surface area contributed by atoms with Gasteiger partial charge in [0.1, 0.15) is 5.75 Å². The minimum Gasteiger partial charge on any atom is -0.497 e. The number of rotatable bonds is 7. The maximum Gasteiger partial charge on any atom is 0.234 e. The first-order chi connectivity index (χ1) is 13.5. The van der Waals surface area contributed by atoms with Crippen molar-refractivity contribution in [3.63, 3.8) is 0 Å². The highest BCUT2D eigenvalue weighted by Crippen LogP contribution is 2.23. The van der Waals surface area contributed by atoms with Gasteiger partial charge in [0.2, 0.25) is 5.91 Å². The molecule has 1 amide bonds. The first-order valence-electron chi connectivity index (χ1n) is 9.11. The Kier molecular flexibility index (Phi) is 6.41. The Hall–Kier alpha value is -2.73. The van der Waals surface area contributed by atoms with E-state index in [9.17, 15) is 4.79 Å². The van der Waals surface area contributed by atoms with Gasteiger partial charge in [-0.15, -0.1) is 0 Å². The molecule has 0 aliphatic rings. The molecule has 0 aliphatic heterocycles. The summed E-state index contributed by atoms with van der Waals surface area (Å²) in [5.74, 6) is 1.12. The lowest BCUT2D eigenvalue weighted by Crippen LogP contribution is -2.16. The molecule has 146 valence electrons. The number of nitrogens with zero attached hydrogens (tertiary/aromatic N) is 2. The van der Waals surface area contributed by atoms with Crippen LogP contribution in [-0.4, -0.2) is 28.3 Å². The van der Waals surface area contributed by atoms with E-state index in [1.54, 1.807) is 13.3 Å². The third-order valence-corrected chi connectivity index (χ3v) is 5.47. The van der Waals surface area contributed by atoms with Crippen LogP contribution in [0.4, 0.5) is 5.69 Å². The van der Waals surface area contributed by atoms with Crippen molar-refractivity contribution in [2.45, 2.75) is 32.5 Å². The molecule has 5 nitrogen and oxygen atoms in total. The van der Waals surface area contributed by atoms with Gasteiger partial charge < -0.3 is 14.6 Å². The van der Waals surface area contributed by atoms with Crippen LogP contribution in [0, 0.1) is 20.8 Å². The summed E-state index contributed by atoms with van der Waals surface area (Å²) in [4.78, 5) is 16.8. The van der Waals surface area contributed by atoms with Crippen molar-refractivity contribution in [2.75, 3.05) is 18.2 Å². The standard InChI is InChI=1S/C22H25N3O2S/c1-15-11-16(2)21(17(3)12-15)24-20(26)14-28-22-23-9-10-25(22)13-18-5-7-19(27-4)8-6-18/h5-12H,13-14H2,1-4H3,(H,24,26). The number of imidazole rings is 1. The molecule has 1 heterocycles. The molecule has 0 radical (unpaired) electrons. The van der Waals surface area contributed by atoms with Crippen molar-refractivity contribution in [1.82, 2.24) is 9.55 Å². The van der Waals surface area contributed by atoms with Crippen molar-refractivity contribution in [1.29, 1.82) is 0 Å². The number of anilines is 1. The van der Waals surface area contributed by atoms with Gasteiger partial charge in [-0.3, -0.25) is 4.79 Å². The van der Waals surface area contributed by atoms with Gasteiger partial charge in [0, 0.05) is 24.6 Å². The van der Waals surface area contributed by atoms with Gasteiger partial charge in [-0.05, 0) is 49.6 Å². The lowest BCUT2D eigenvalue weighted by atomic mass is 10.1. The molecule has 0 fully saturated rings. The number of aryl methyl sites for hydroxylation is 3. The Bertz CT molecular complexity index is 941. The highest BCUT2D eigenvalue weighted by molar-refractivity contribution is 7.99. The van der Waals surface area contributed by atoms with Crippen LogP contribution in [0.2, 0.25) is 0 Å². The lowest BCUT2D eigenvalue weighted by Gasteiger charge is -2.13. The SMILES string of the molecule is COc1ccc(Cn2ccnc2SCC(=O)Nc2c(C)cc(C)cc2C)cc1. The van der Waals surface area contributed by atoms with Gasteiger partial charge in [-0.25, -0.2) is 4.98 Å². The number of thioether (sulfide) groups is 1. The largest absolute Gasteiger partial charge is 0.497 e. The Morgan fingerprint density at radius 3 is 2.46 bits per heavy atom. The topological polar surface area (TPSA) is 56.2 Å². The molecule has 0 unspecified atom stereocenters. The van der Waals surface area contributed by atoms with Gasteiger partial charge in [-0.1, -0.05) is 41.6 Å². The van der Waals surface area contributed by atoms with Crippen LogP contribution in [0.25, 0.3) is 0 Å². The number of amides is 1. The highest BCUT2D eigenvalue weighted by atomic mass is 32.2. The van der Waals surface area contributed by atoms with Crippen LogP contribution in [0.5, 0.6) is 5.75 Å². The minimum atomic E-state index is -0.0287. The third kappa shape index (κ3) is 4.95. The number of methoxy groups -OCH3 is 1. The molecule has 1 aromatic heterocycles. The van der Waals surface area contributed by atoms with Crippen LogP contribution < -0.4 is 10.1 Å². The Morgan fingerprint density at radius 1 is 1.14 bits per heavy atom. The molecule has 3 aromatic rings. The normalized spacial score (nSPS) is 10.7. The second-order valence-electron chi connectivity index (χ2n) is 6.80. The summed E-state index contributed by atoms with van der Waals surface area (Å²) in [7, 11) is 1.66. The quantitative estimate of drug-likeness (QED) is 0.594. The average Bonchev–Trinajstić information content (AvgIpc) is 3.10. The van der Waals surface area contributed by atoms with Crippen LogP contribution >= 0.6 is 11.8 Å². The molecule has 28 heavy (non-hydrogen) atoms. The zero-order valence-corrected chi connectivity index (χ0v) is 17.5. The van der Waals surface area contributed by atoms with Crippen LogP contribution in [0.1, 0.15) is 22.3 Å². The second-order valence-corrected chi connectivity index (χ2v) is 7.74. The van der Waals surface area contributed by atoms with Gasteiger partial charge >= 0.3 is 0 Å². The maximum absolute atomic E-state index is 12.5. The maximum atomic E-state index is 12.5. The predicted octanol–water partition coefficient (Wildman–Crippen LogP) is 4.60. The van der Waals surface area contributed by atoms with E-state index in [-0.39, 0.29) is 5.91 Å². The minimum absolute atomic E-state index is 0.0287. The second kappa shape index (κ2) is 8.97. The summed E-state index contributed by atoms with van der Waals surface area (Å²) >= 11 is 1.44. The first-order valence-corrected chi connectivity index (χ1v) is 10.1. The molecule has 0 atom stereocenters. The predicted molar refractivity (Wildman–Crippen MR) is 114 cm³/mol. The highest BCUT2D eigenvalue weighted by Gasteiger charge is 2.11. The monoisotopic (exact) mass is 395 g/mol. The molecule has 0 aliphatic carbocycles. The summed E-state index contributed by atoms with van der Waals surface area (Å²) < 4.78 is 7.24. The zero-order valence-electron chi connectivity index (χ0n) is 16.7. The van der Waals surface area contributed by atoms with Crippen LogP contribution in [-0.2, 0) is 11.3 Å². The molecule has 0 saturated carbocycles. The van der Waals surface area contributed by atoms with Crippen molar-refractivity contribution in [3.8, 4) is 5.75 Å². The van der Waals surface area contributed by atoms with Crippen molar-refractivity contribution < 1.29 is 9.53 Å². The molecule has 2 aromatic carbocycles. The van der Waals surface area contributed by atoms with Crippen molar-refractivity contribution in [3.05, 3.63) is 71.0 Å². The van der Waals surface area contributed by atoms with E-state index >= 15 is 0 Å². The van der Waals surface area contributed by atoms with E-state index in [0.717, 1.165) is 33.3 Å². The average molecular weight is 396 g/mol. The van der Waals surface area contributed by atoms with Crippen LogP contribution in [0.15, 0.2) is 53.9 Å². The fourth-order valence-corrected chi connectivity index (χ4v) is 3.93. The summed E-state index contributed by atoms with van der Waals surface area (Å²) in [6.45, 7) is 6.79. The zero-order chi connectivity index (χ0) is 20.1. The van der Waals surface area contributed by atoms with E-state index in [4.69, 9.17) is 4.74 Å². The van der Waals surface area contributed by atoms with Gasteiger partial charge in [0.05, 0.1) is 12.9 Å². The molecular formula is C22H25N3O2S. The Labute approximate surface area is 170 Å². The molecule has 0 saturated heterocycles. The number of carbonyl (C=O) groups is 1. The lowest BCUT2D eigenvalue weighted by molar-refractivity contribution is -0.113. The summed E-state index contributed by atoms with van der Waals surface area (Å²) in [5, 5.41) is 3.86. The third-order valence-electron chi connectivity index (χ3n) is 4.46. The molecule has 6 heteroatoms. The van der Waals surface area contributed by atoms with Crippen molar-refractivity contribution in [2.24, 2.45) is 0 Å². The number of nitrogens with one attached hydrogen (secondary N) is 1. The summed E-state index contributed by atoms with van der Waals surface area (Å²) in [6.07, 6.45) is 3.69. The molecule has 0 bridgehead atoms. The molecule has 1 N–H and O–H groups in total. The number of hydrogen-bond donors (Lipinski definition) is 1. The van der Waals surface area contributed by atoms with Gasteiger partial charge in [0.25, 0.3) is 0 Å². The molecule has 3 rings (SSSR count). The van der Waals surface area contributed by atoms with Crippen LogP contribution in [0.3, 0.4) is 0 Å². The van der Waals surface area contributed by atoms with E-state index in [0.29, 0.717) is 12.3 Å². The number of ether oxygens (including phenoxy) is 1. The van der Waals surface area contributed by atoms with Gasteiger partial charge in [0.15, 0.2) is 5.16 Å². The van der Waals surface area contributed by atoms with E-state index in [1.165, 1.54) is 17.3 Å². The number of benzene rings is 2. The van der Waals surface area contributed by atoms with E-state index in [1.807, 2.05) is 48.9 Å². The summed E-state index contributed by atoms with van der Waals surface area (Å²) in [5.41, 5.74) is 5.41. The first kappa shape index (κ1) is 20.0. The Morgan fingerprint density at radius 2 is 1.82 bits per heavy atom. The molecule has 0 spiro atoms. The summed E-state index contributed by atoms with van der Waals surface area (Å²) in [6, 6.07) is 12.1.